The number of hydrogen-bond acceptors (Lipinski definition) is 3. The summed E-state index contributed by atoms with van der Waals surface area (Å²) in [6.45, 7) is 6.31. The Labute approximate surface area is 115 Å². The molecule has 0 aromatic carbocycles. The molecular formula is C12H18BrN5. The van der Waals surface area contributed by atoms with Gasteiger partial charge in [-0.2, -0.15) is 5.10 Å². The lowest BCUT2D eigenvalue weighted by atomic mass is 10.3. The van der Waals surface area contributed by atoms with Crippen molar-refractivity contribution in [3.8, 4) is 0 Å². The SMILES string of the molecule is CCc1nn(CC)c(Cn2cnc(CN)c2)c1Br. The monoisotopic (exact) mass is 311 g/mol. The molecule has 0 aliphatic heterocycles. The van der Waals surface area contributed by atoms with Crippen LogP contribution < -0.4 is 5.73 Å². The molecule has 18 heavy (non-hydrogen) atoms. The van der Waals surface area contributed by atoms with Gasteiger partial charge in [0.15, 0.2) is 0 Å². The molecule has 98 valence electrons. The first-order chi connectivity index (χ1) is 8.69. The molecule has 0 saturated heterocycles. The highest BCUT2D eigenvalue weighted by molar-refractivity contribution is 9.10. The molecule has 0 aliphatic carbocycles. The third kappa shape index (κ3) is 2.49. The molecule has 6 heteroatoms. The van der Waals surface area contributed by atoms with Crippen LogP contribution in [0, 0.1) is 0 Å². The van der Waals surface area contributed by atoms with E-state index in [4.69, 9.17) is 5.73 Å². The number of aryl methyl sites for hydroxylation is 2. The zero-order valence-corrected chi connectivity index (χ0v) is 12.3. The minimum atomic E-state index is 0.474. The van der Waals surface area contributed by atoms with E-state index in [9.17, 15) is 0 Å². The highest BCUT2D eigenvalue weighted by Gasteiger charge is 2.14. The Balaban J connectivity index is 2.29. The fourth-order valence-corrected chi connectivity index (χ4v) is 2.63. The summed E-state index contributed by atoms with van der Waals surface area (Å²) in [6.07, 6.45) is 4.72. The Morgan fingerprint density at radius 2 is 2.17 bits per heavy atom. The Hall–Kier alpha value is -1.14. The molecule has 0 unspecified atom stereocenters. The molecular weight excluding hydrogens is 294 g/mol. The highest BCUT2D eigenvalue weighted by Crippen LogP contribution is 2.23. The minimum Gasteiger partial charge on any atom is -0.331 e. The third-order valence-corrected chi connectivity index (χ3v) is 3.84. The topological polar surface area (TPSA) is 61.7 Å². The van der Waals surface area contributed by atoms with E-state index in [1.54, 1.807) is 0 Å². The summed E-state index contributed by atoms with van der Waals surface area (Å²) in [6, 6.07) is 0. The lowest BCUT2D eigenvalue weighted by Crippen LogP contribution is -2.07. The van der Waals surface area contributed by atoms with E-state index < -0.39 is 0 Å². The summed E-state index contributed by atoms with van der Waals surface area (Å²) >= 11 is 3.64. The van der Waals surface area contributed by atoms with Gasteiger partial charge in [-0.25, -0.2) is 4.98 Å². The molecule has 2 rings (SSSR count). The van der Waals surface area contributed by atoms with Crippen LogP contribution in [0.1, 0.15) is 30.9 Å². The molecule has 2 aromatic heterocycles. The predicted molar refractivity (Wildman–Crippen MR) is 74.2 cm³/mol. The van der Waals surface area contributed by atoms with Gasteiger partial charge in [-0.15, -0.1) is 0 Å². The largest absolute Gasteiger partial charge is 0.331 e. The van der Waals surface area contributed by atoms with Gasteiger partial charge in [0.1, 0.15) is 0 Å². The van der Waals surface area contributed by atoms with Gasteiger partial charge < -0.3 is 10.3 Å². The standard InChI is InChI=1S/C12H18BrN5/c1-3-10-12(13)11(18(4-2)16-10)7-17-6-9(5-14)15-8-17/h6,8H,3-5,7,14H2,1-2H3. The predicted octanol–water partition coefficient (Wildman–Crippen LogP) is 1.93. The van der Waals surface area contributed by atoms with Crippen LogP contribution in [-0.4, -0.2) is 19.3 Å². The third-order valence-electron chi connectivity index (χ3n) is 2.92. The van der Waals surface area contributed by atoms with Crippen molar-refractivity contribution < 1.29 is 0 Å². The molecule has 2 heterocycles. The Morgan fingerprint density at radius 1 is 1.39 bits per heavy atom. The first-order valence-corrected chi connectivity index (χ1v) is 6.93. The maximum Gasteiger partial charge on any atom is 0.0953 e. The summed E-state index contributed by atoms with van der Waals surface area (Å²) in [5.74, 6) is 0. The van der Waals surface area contributed by atoms with Crippen molar-refractivity contribution in [2.75, 3.05) is 0 Å². The molecule has 0 atom stereocenters. The number of halogens is 1. The number of aromatic nitrogens is 4. The molecule has 2 N–H and O–H groups in total. The quantitative estimate of drug-likeness (QED) is 0.917. The normalized spacial score (nSPS) is 11.1. The molecule has 0 spiro atoms. The van der Waals surface area contributed by atoms with E-state index in [-0.39, 0.29) is 0 Å². The number of hydrogen-bond donors (Lipinski definition) is 1. The van der Waals surface area contributed by atoms with Gasteiger partial charge >= 0.3 is 0 Å². The van der Waals surface area contributed by atoms with E-state index in [1.807, 2.05) is 21.8 Å². The van der Waals surface area contributed by atoms with Crippen LogP contribution in [-0.2, 0) is 26.1 Å². The smallest absolute Gasteiger partial charge is 0.0953 e. The van der Waals surface area contributed by atoms with Crippen LogP contribution in [0.5, 0.6) is 0 Å². The molecule has 0 amide bonds. The fourth-order valence-electron chi connectivity index (χ4n) is 1.94. The van der Waals surface area contributed by atoms with Gasteiger partial charge in [0.25, 0.3) is 0 Å². The number of rotatable bonds is 5. The molecule has 0 aliphatic rings. The number of nitrogens with two attached hydrogens (primary N) is 1. The molecule has 0 bridgehead atoms. The van der Waals surface area contributed by atoms with Gasteiger partial charge in [0.05, 0.1) is 34.4 Å². The van der Waals surface area contributed by atoms with Crippen LogP contribution in [0.15, 0.2) is 17.0 Å². The fraction of sp³-hybridized carbons (Fsp3) is 0.500. The number of imidazole rings is 1. The highest BCUT2D eigenvalue weighted by atomic mass is 79.9. The second-order valence-corrected chi connectivity index (χ2v) is 4.91. The lowest BCUT2D eigenvalue weighted by molar-refractivity contribution is 0.594. The first kappa shape index (κ1) is 13.3. The van der Waals surface area contributed by atoms with Crippen molar-refractivity contribution in [1.29, 1.82) is 0 Å². The van der Waals surface area contributed by atoms with Gasteiger partial charge in [0, 0.05) is 19.3 Å². The lowest BCUT2D eigenvalue weighted by Gasteiger charge is -2.06. The molecule has 0 radical (unpaired) electrons. The van der Waals surface area contributed by atoms with Gasteiger partial charge in [-0.1, -0.05) is 6.92 Å². The van der Waals surface area contributed by atoms with Crippen molar-refractivity contribution in [2.45, 2.75) is 39.9 Å². The summed E-state index contributed by atoms with van der Waals surface area (Å²) in [5, 5.41) is 4.58. The van der Waals surface area contributed by atoms with Crippen LogP contribution >= 0.6 is 15.9 Å². The van der Waals surface area contributed by atoms with Crippen LogP contribution in [0.3, 0.4) is 0 Å². The minimum absolute atomic E-state index is 0.474. The Morgan fingerprint density at radius 3 is 2.72 bits per heavy atom. The average molecular weight is 312 g/mol. The average Bonchev–Trinajstić information content (AvgIpc) is 2.96. The van der Waals surface area contributed by atoms with Crippen molar-refractivity contribution in [3.05, 3.63) is 34.1 Å². The summed E-state index contributed by atoms with van der Waals surface area (Å²) in [5.41, 5.74) is 8.75. The first-order valence-electron chi connectivity index (χ1n) is 6.14. The Bertz CT molecular complexity index is 529. The van der Waals surface area contributed by atoms with Gasteiger partial charge in [-0.05, 0) is 29.3 Å². The van der Waals surface area contributed by atoms with E-state index in [2.05, 4.69) is 39.9 Å². The molecule has 0 saturated carbocycles. The second kappa shape index (κ2) is 5.67. The molecule has 0 fully saturated rings. The second-order valence-electron chi connectivity index (χ2n) is 4.12. The number of nitrogens with zero attached hydrogens (tertiary/aromatic N) is 4. The van der Waals surface area contributed by atoms with E-state index in [1.165, 1.54) is 5.69 Å². The van der Waals surface area contributed by atoms with E-state index >= 15 is 0 Å². The van der Waals surface area contributed by atoms with Crippen molar-refractivity contribution in [1.82, 2.24) is 19.3 Å². The zero-order valence-electron chi connectivity index (χ0n) is 10.7. The molecule has 2 aromatic rings. The van der Waals surface area contributed by atoms with Crippen molar-refractivity contribution in [3.63, 3.8) is 0 Å². The maximum absolute atomic E-state index is 5.57. The van der Waals surface area contributed by atoms with Gasteiger partial charge in [0.2, 0.25) is 0 Å². The summed E-state index contributed by atoms with van der Waals surface area (Å²) in [4.78, 5) is 4.24. The summed E-state index contributed by atoms with van der Waals surface area (Å²) < 4.78 is 5.18. The summed E-state index contributed by atoms with van der Waals surface area (Å²) in [7, 11) is 0. The van der Waals surface area contributed by atoms with Crippen LogP contribution in [0.2, 0.25) is 0 Å². The van der Waals surface area contributed by atoms with Crippen LogP contribution in [0.4, 0.5) is 0 Å². The van der Waals surface area contributed by atoms with Crippen LogP contribution in [0.25, 0.3) is 0 Å². The zero-order chi connectivity index (χ0) is 13.1. The van der Waals surface area contributed by atoms with Crippen molar-refractivity contribution in [2.24, 2.45) is 5.73 Å². The van der Waals surface area contributed by atoms with Gasteiger partial charge in [-0.3, -0.25) is 4.68 Å². The Kier molecular flexibility index (Phi) is 4.19. The van der Waals surface area contributed by atoms with Crippen molar-refractivity contribution >= 4 is 15.9 Å². The van der Waals surface area contributed by atoms with E-state index in [0.717, 1.165) is 35.4 Å². The maximum atomic E-state index is 5.57. The van der Waals surface area contributed by atoms with E-state index in [0.29, 0.717) is 6.54 Å². The molecule has 5 nitrogen and oxygen atoms in total.